The van der Waals surface area contributed by atoms with E-state index < -0.39 is 0 Å². The molecule has 1 heterocycles. The highest BCUT2D eigenvalue weighted by Gasteiger charge is 2.07. The Hall–Kier alpha value is -1.01. The Labute approximate surface area is 99.1 Å². The molecular weight excluding hydrogens is 281 g/mol. The van der Waals surface area contributed by atoms with Gasteiger partial charge in [0.25, 0.3) is 0 Å². The van der Waals surface area contributed by atoms with Crippen LogP contribution in [-0.2, 0) is 0 Å². The zero-order valence-electron chi connectivity index (χ0n) is 7.79. The Morgan fingerprint density at radius 3 is 2.87 bits per heavy atom. The van der Waals surface area contributed by atoms with Gasteiger partial charge < -0.3 is 0 Å². The van der Waals surface area contributed by atoms with Gasteiger partial charge >= 0.3 is 0 Å². The number of hydrogen-bond donors (Lipinski definition) is 1. The predicted octanol–water partition coefficient (Wildman–Crippen LogP) is 3.14. The van der Waals surface area contributed by atoms with Crippen molar-refractivity contribution in [2.75, 3.05) is 0 Å². The lowest BCUT2D eigenvalue weighted by atomic mass is 10.2. The molecule has 2 rings (SSSR count). The summed E-state index contributed by atoms with van der Waals surface area (Å²) in [5.41, 5.74) is 1.61. The van der Waals surface area contributed by atoms with Crippen molar-refractivity contribution in [2.24, 2.45) is 0 Å². The van der Waals surface area contributed by atoms with E-state index in [1.807, 2.05) is 6.92 Å². The van der Waals surface area contributed by atoms with Crippen LogP contribution in [0.2, 0.25) is 0 Å². The van der Waals surface area contributed by atoms with Crippen molar-refractivity contribution in [3.63, 3.8) is 0 Å². The summed E-state index contributed by atoms with van der Waals surface area (Å²) in [7, 11) is 0. The van der Waals surface area contributed by atoms with Crippen molar-refractivity contribution in [3.05, 3.63) is 39.1 Å². The normalized spacial score (nSPS) is 10.6. The van der Waals surface area contributed by atoms with Crippen LogP contribution in [0.4, 0.5) is 4.39 Å². The zero-order chi connectivity index (χ0) is 11.0. The third-order valence-electron chi connectivity index (χ3n) is 2.05. The molecule has 0 atom stereocenters. The number of rotatable bonds is 1. The average molecular weight is 288 g/mol. The lowest BCUT2D eigenvalue weighted by Crippen LogP contribution is -1.97. The molecule has 0 aliphatic heterocycles. The fourth-order valence-corrected chi connectivity index (χ4v) is 1.97. The maximum Gasteiger partial charge on any atom is 0.199 e. The summed E-state index contributed by atoms with van der Waals surface area (Å²) < 4.78 is 15.9. The molecule has 0 aliphatic rings. The molecule has 0 spiro atoms. The standard InChI is InChI=1S/C9H7BrFN3S/c1-5-2-6(10)7(11)3-8(5)14-4-12-13-9(14)15/h2-4H,1H3,(H,13,15). The first kappa shape index (κ1) is 10.5. The number of hydrogen-bond acceptors (Lipinski definition) is 2. The van der Waals surface area contributed by atoms with Crippen LogP contribution < -0.4 is 0 Å². The minimum Gasteiger partial charge on any atom is -0.274 e. The predicted molar refractivity (Wildman–Crippen MR) is 61.1 cm³/mol. The topological polar surface area (TPSA) is 33.6 Å². The number of nitrogens with one attached hydrogen (secondary N) is 1. The van der Waals surface area contributed by atoms with Gasteiger partial charge in [-0.05, 0) is 52.8 Å². The van der Waals surface area contributed by atoms with Crippen LogP contribution in [0.15, 0.2) is 22.9 Å². The molecule has 0 radical (unpaired) electrons. The Morgan fingerprint density at radius 2 is 2.27 bits per heavy atom. The van der Waals surface area contributed by atoms with Crippen LogP contribution in [-0.4, -0.2) is 14.8 Å². The molecule has 2 aromatic rings. The number of aromatic nitrogens is 3. The number of aryl methyl sites for hydroxylation is 1. The van der Waals surface area contributed by atoms with E-state index in [9.17, 15) is 4.39 Å². The molecule has 1 aromatic carbocycles. The van der Waals surface area contributed by atoms with Crippen LogP contribution in [0, 0.1) is 17.5 Å². The minimum absolute atomic E-state index is 0.321. The Morgan fingerprint density at radius 1 is 1.53 bits per heavy atom. The number of halogens is 2. The van der Waals surface area contributed by atoms with E-state index in [-0.39, 0.29) is 5.82 Å². The summed E-state index contributed by atoms with van der Waals surface area (Å²) in [5.74, 6) is -0.321. The molecule has 78 valence electrons. The molecule has 3 nitrogen and oxygen atoms in total. The van der Waals surface area contributed by atoms with Crippen molar-refractivity contribution < 1.29 is 4.39 Å². The zero-order valence-corrected chi connectivity index (χ0v) is 10.2. The maximum absolute atomic E-state index is 13.4. The molecule has 0 saturated carbocycles. The van der Waals surface area contributed by atoms with Gasteiger partial charge in [0.05, 0.1) is 10.2 Å². The van der Waals surface area contributed by atoms with Gasteiger partial charge in [0.2, 0.25) is 0 Å². The fraction of sp³-hybridized carbons (Fsp3) is 0.111. The summed E-state index contributed by atoms with van der Waals surface area (Å²) >= 11 is 8.14. The molecule has 15 heavy (non-hydrogen) atoms. The second-order valence-corrected chi connectivity index (χ2v) is 4.33. The van der Waals surface area contributed by atoms with Crippen LogP contribution in [0.25, 0.3) is 5.69 Å². The third kappa shape index (κ3) is 1.87. The van der Waals surface area contributed by atoms with E-state index in [1.165, 1.54) is 12.4 Å². The van der Waals surface area contributed by atoms with E-state index in [2.05, 4.69) is 26.1 Å². The highest BCUT2D eigenvalue weighted by molar-refractivity contribution is 9.10. The summed E-state index contributed by atoms with van der Waals surface area (Å²) in [6.07, 6.45) is 1.53. The number of nitrogens with zero attached hydrogens (tertiary/aromatic N) is 2. The van der Waals surface area contributed by atoms with Crippen LogP contribution in [0.1, 0.15) is 5.56 Å². The number of H-pyrrole nitrogens is 1. The molecule has 0 unspecified atom stereocenters. The smallest absolute Gasteiger partial charge is 0.199 e. The van der Waals surface area contributed by atoms with E-state index in [0.717, 1.165) is 5.56 Å². The first-order chi connectivity index (χ1) is 7.09. The maximum atomic E-state index is 13.4. The first-order valence-electron chi connectivity index (χ1n) is 4.17. The molecule has 0 saturated heterocycles. The van der Waals surface area contributed by atoms with Crippen molar-refractivity contribution in [3.8, 4) is 5.69 Å². The van der Waals surface area contributed by atoms with Gasteiger partial charge in [-0.25, -0.2) is 4.39 Å². The first-order valence-corrected chi connectivity index (χ1v) is 5.38. The second kappa shape index (κ2) is 3.86. The van der Waals surface area contributed by atoms with Crippen molar-refractivity contribution in [1.29, 1.82) is 0 Å². The van der Waals surface area contributed by atoms with Gasteiger partial charge in [-0.2, -0.15) is 5.10 Å². The molecule has 6 heteroatoms. The summed E-state index contributed by atoms with van der Waals surface area (Å²) in [6.45, 7) is 1.88. The monoisotopic (exact) mass is 287 g/mol. The SMILES string of the molecule is Cc1cc(Br)c(F)cc1-n1cn[nH]c1=S. The van der Waals surface area contributed by atoms with Gasteiger partial charge in [-0.15, -0.1) is 0 Å². The second-order valence-electron chi connectivity index (χ2n) is 3.08. The van der Waals surface area contributed by atoms with Crippen molar-refractivity contribution in [1.82, 2.24) is 14.8 Å². The lowest BCUT2D eigenvalue weighted by molar-refractivity contribution is 0.619. The molecule has 0 bridgehead atoms. The van der Waals surface area contributed by atoms with E-state index in [4.69, 9.17) is 12.2 Å². The van der Waals surface area contributed by atoms with Crippen LogP contribution in [0.5, 0.6) is 0 Å². The van der Waals surface area contributed by atoms with Gasteiger partial charge in [0.15, 0.2) is 4.77 Å². The van der Waals surface area contributed by atoms with Crippen molar-refractivity contribution >= 4 is 28.1 Å². The molecule has 0 amide bonds. The molecule has 1 aromatic heterocycles. The Kier molecular flexibility index (Phi) is 2.70. The molecule has 0 fully saturated rings. The average Bonchev–Trinajstić information content (AvgIpc) is 2.58. The van der Waals surface area contributed by atoms with E-state index in [1.54, 1.807) is 10.6 Å². The Balaban J connectivity index is 2.69. The van der Waals surface area contributed by atoms with Gasteiger partial charge in [0, 0.05) is 0 Å². The highest BCUT2D eigenvalue weighted by Crippen LogP contribution is 2.22. The minimum atomic E-state index is -0.321. The lowest BCUT2D eigenvalue weighted by Gasteiger charge is -2.07. The quantitative estimate of drug-likeness (QED) is 0.818. The molecular formula is C9H7BrFN3S. The Bertz CT molecular complexity index is 561. The van der Waals surface area contributed by atoms with Gasteiger partial charge in [0.1, 0.15) is 12.1 Å². The van der Waals surface area contributed by atoms with Crippen molar-refractivity contribution in [2.45, 2.75) is 6.92 Å². The summed E-state index contributed by atoms with van der Waals surface area (Å²) in [6, 6.07) is 3.13. The highest BCUT2D eigenvalue weighted by atomic mass is 79.9. The number of benzene rings is 1. The molecule has 0 aliphatic carbocycles. The summed E-state index contributed by atoms with van der Waals surface area (Å²) in [4.78, 5) is 0. The van der Waals surface area contributed by atoms with Gasteiger partial charge in [-0.1, -0.05) is 0 Å². The number of aromatic amines is 1. The van der Waals surface area contributed by atoms with Crippen LogP contribution >= 0.6 is 28.1 Å². The van der Waals surface area contributed by atoms with Crippen LogP contribution in [0.3, 0.4) is 0 Å². The third-order valence-corrected chi connectivity index (χ3v) is 2.95. The van der Waals surface area contributed by atoms with E-state index in [0.29, 0.717) is 14.9 Å². The van der Waals surface area contributed by atoms with Gasteiger partial charge in [-0.3, -0.25) is 9.67 Å². The van der Waals surface area contributed by atoms with E-state index >= 15 is 0 Å². The summed E-state index contributed by atoms with van der Waals surface area (Å²) in [5, 5.41) is 6.41. The fourth-order valence-electron chi connectivity index (χ4n) is 1.32. The molecule has 1 N–H and O–H groups in total. The largest absolute Gasteiger partial charge is 0.274 e.